The summed E-state index contributed by atoms with van der Waals surface area (Å²) >= 11 is 0. The number of aromatic nitrogens is 2. The van der Waals surface area contributed by atoms with E-state index in [2.05, 4.69) is 26.1 Å². The number of urea groups is 1. The van der Waals surface area contributed by atoms with Crippen molar-refractivity contribution in [3.63, 3.8) is 0 Å². The Hall–Kier alpha value is -1.60. The van der Waals surface area contributed by atoms with Crippen LogP contribution < -0.4 is 5.32 Å². The van der Waals surface area contributed by atoms with Crippen LogP contribution in [0.4, 0.5) is 4.79 Å². The van der Waals surface area contributed by atoms with Gasteiger partial charge in [-0.1, -0.05) is 0 Å². The zero-order valence-electron chi connectivity index (χ0n) is 14.9. The number of nitrogens with one attached hydrogen (secondary N) is 1. The topological polar surface area (TPSA) is 62.6 Å². The minimum absolute atomic E-state index is 0.0766. The molecule has 2 saturated heterocycles. The van der Waals surface area contributed by atoms with E-state index in [0.29, 0.717) is 6.54 Å². The normalized spacial score (nSPS) is 25.1. The molecule has 4 heterocycles. The number of hydrogen-bond donors (Lipinski definition) is 1. The highest BCUT2D eigenvalue weighted by Crippen LogP contribution is 2.23. The molecule has 3 aliphatic heterocycles. The van der Waals surface area contributed by atoms with E-state index in [1.54, 1.807) is 0 Å². The van der Waals surface area contributed by atoms with Crippen molar-refractivity contribution in [3.05, 3.63) is 18.0 Å². The molecule has 0 radical (unpaired) electrons. The first-order valence-electron chi connectivity index (χ1n) is 9.65. The monoisotopic (exact) mass is 347 g/mol. The Morgan fingerprint density at radius 1 is 1.28 bits per heavy atom. The average molecular weight is 347 g/mol. The van der Waals surface area contributed by atoms with Gasteiger partial charge in [-0.15, -0.1) is 0 Å². The molecule has 2 fully saturated rings. The molecule has 0 saturated carbocycles. The summed E-state index contributed by atoms with van der Waals surface area (Å²) in [6, 6.07) is 2.39. The molecule has 4 rings (SSSR count). The van der Waals surface area contributed by atoms with Crippen molar-refractivity contribution in [2.75, 3.05) is 45.9 Å². The largest absolute Gasteiger partial charge is 0.381 e. The quantitative estimate of drug-likeness (QED) is 0.896. The van der Waals surface area contributed by atoms with Gasteiger partial charge in [0, 0.05) is 58.7 Å². The first-order chi connectivity index (χ1) is 12.3. The number of carbonyl (C=O) groups is 1. The summed E-state index contributed by atoms with van der Waals surface area (Å²) in [7, 11) is 0. The van der Waals surface area contributed by atoms with Crippen molar-refractivity contribution in [3.8, 4) is 0 Å². The van der Waals surface area contributed by atoms with Gasteiger partial charge in [0.15, 0.2) is 0 Å². The van der Waals surface area contributed by atoms with Gasteiger partial charge in [-0.2, -0.15) is 5.10 Å². The van der Waals surface area contributed by atoms with Gasteiger partial charge in [0.05, 0.1) is 11.7 Å². The Balaban J connectivity index is 1.35. The van der Waals surface area contributed by atoms with Crippen LogP contribution in [0.1, 0.15) is 37.4 Å². The predicted molar refractivity (Wildman–Crippen MR) is 94.3 cm³/mol. The molecular formula is C18H29N5O2. The molecule has 1 aromatic rings. The molecule has 0 bridgehead atoms. The lowest BCUT2D eigenvalue weighted by Gasteiger charge is -2.37. The minimum atomic E-state index is 0.0766. The third-order valence-electron chi connectivity index (χ3n) is 5.69. The molecule has 0 aliphatic carbocycles. The molecule has 7 heteroatoms. The van der Waals surface area contributed by atoms with Gasteiger partial charge in [-0.3, -0.25) is 9.58 Å². The highest BCUT2D eigenvalue weighted by atomic mass is 16.5. The molecule has 1 atom stereocenters. The highest BCUT2D eigenvalue weighted by molar-refractivity contribution is 5.74. The molecule has 3 aliphatic rings. The highest BCUT2D eigenvalue weighted by Gasteiger charge is 2.28. The van der Waals surface area contributed by atoms with Gasteiger partial charge >= 0.3 is 6.03 Å². The van der Waals surface area contributed by atoms with E-state index in [0.717, 1.165) is 77.5 Å². The number of carbonyl (C=O) groups excluding carboxylic acids is 1. The maximum Gasteiger partial charge on any atom is 0.317 e. The van der Waals surface area contributed by atoms with Crippen LogP contribution in [0.3, 0.4) is 0 Å². The van der Waals surface area contributed by atoms with Crippen molar-refractivity contribution in [1.29, 1.82) is 0 Å². The molecule has 25 heavy (non-hydrogen) atoms. The smallest absolute Gasteiger partial charge is 0.317 e. The lowest BCUT2D eigenvalue weighted by molar-refractivity contribution is 0.0448. The van der Waals surface area contributed by atoms with Crippen LogP contribution in [-0.2, 0) is 11.3 Å². The molecule has 1 N–H and O–H groups in total. The van der Waals surface area contributed by atoms with Gasteiger partial charge in [0.25, 0.3) is 0 Å². The molecule has 138 valence electrons. The number of ether oxygens (including phenoxy) is 1. The first kappa shape index (κ1) is 16.8. The van der Waals surface area contributed by atoms with Gasteiger partial charge in [0.2, 0.25) is 0 Å². The van der Waals surface area contributed by atoms with Crippen molar-refractivity contribution in [2.45, 2.75) is 38.3 Å². The first-order valence-corrected chi connectivity index (χ1v) is 9.65. The number of likely N-dealkylation sites (tertiary alicyclic amines) is 1. The Bertz CT molecular complexity index is 578. The lowest BCUT2D eigenvalue weighted by Crippen LogP contribution is -2.47. The van der Waals surface area contributed by atoms with E-state index in [-0.39, 0.29) is 12.1 Å². The second-order valence-electron chi connectivity index (χ2n) is 7.55. The second-order valence-corrected chi connectivity index (χ2v) is 7.55. The Morgan fingerprint density at radius 3 is 2.88 bits per heavy atom. The Kier molecular flexibility index (Phi) is 5.22. The maximum absolute atomic E-state index is 12.3. The standard InChI is InChI=1S/C18H29N5O2/c24-18(22-7-1-2-8-22)19-11-17-14-21(12-15-4-9-25-10-5-15)13-16-3-6-20-23(16)17/h3,6,15,17H,1-2,4-5,7-14H2,(H,19,24)/t17-/m1/s1. The molecule has 1 aromatic heterocycles. The van der Waals surface area contributed by atoms with E-state index in [4.69, 9.17) is 4.74 Å². The number of nitrogens with zero attached hydrogens (tertiary/aromatic N) is 4. The van der Waals surface area contributed by atoms with Gasteiger partial charge in [-0.25, -0.2) is 4.79 Å². The third-order valence-corrected chi connectivity index (χ3v) is 5.69. The molecule has 0 aromatic carbocycles. The van der Waals surface area contributed by atoms with E-state index < -0.39 is 0 Å². The van der Waals surface area contributed by atoms with Crippen LogP contribution in [0.25, 0.3) is 0 Å². The molecule has 0 spiro atoms. The summed E-state index contributed by atoms with van der Waals surface area (Å²) in [6.45, 7) is 7.23. The van der Waals surface area contributed by atoms with E-state index in [1.165, 1.54) is 5.69 Å². The third kappa shape index (κ3) is 3.98. The van der Waals surface area contributed by atoms with Crippen LogP contribution in [0, 0.1) is 5.92 Å². The second kappa shape index (κ2) is 7.74. The maximum atomic E-state index is 12.3. The number of hydrogen-bond acceptors (Lipinski definition) is 4. The van der Waals surface area contributed by atoms with Crippen LogP contribution in [0.15, 0.2) is 12.3 Å². The molecule has 0 unspecified atom stereocenters. The molecule has 2 amide bonds. The zero-order valence-corrected chi connectivity index (χ0v) is 14.9. The average Bonchev–Trinajstić information content (AvgIpc) is 3.32. The fourth-order valence-corrected chi connectivity index (χ4v) is 4.29. The SMILES string of the molecule is O=C(NC[C@@H]1CN(CC2CCOCC2)Cc2ccnn21)N1CCCC1. The summed E-state index contributed by atoms with van der Waals surface area (Å²) < 4.78 is 7.58. The number of fused-ring (bicyclic) bond motifs is 1. The van der Waals surface area contributed by atoms with Gasteiger partial charge in [-0.05, 0) is 37.7 Å². The minimum Gasteiger partial charge on any atom is -0.381 e. The van der Waals surface area contributed by atoms with E-state index >= 15 is 0 Å². The molecular weight excluding hydrogens is 318 g/mol. The number of rotatable bonds is 4. The molecule has 7 nitrogen and oxygen atoms in total. The van der Waals surface area contributed by atoms with Crippen LogP contribution in [-0.4, -0.2) is 71.5 Å². The van der Waals surface area contributed by atoms with Gasteiger partial charge in [0.1, 0.15) is 0 Å². The van der Waals surface area contributed by atoms with Crippen molar-refractivity contribution in [2.24, 2.45) is 5.92 Å². The van der Waals surface area contributed by atoms with Crippen molar-refractivity contribution in [1.82, 2.24) is 24.9 Å². The summed E-state index contributed by atoms with van der Waals surface area (Å²) in [5.74, 6) is 0.725. The Morgan fingerprint density at radius 2 is 2.08 bits per heavy atom. The van der Waals surface area contributed by atoms with Crippen molar-refractivity contribution >= 4 is 6.03 Å². The predicted octanol–water partition coefficient (Wildman–Crippen LogP) is 1.47. The summed E-state index contributed by atoms with van der Waals surface area (Å²) in [5, 5.41) is 7.63. The van der Waals surface area contributed by atoms with Crippen LogP contribution >= 0.6 is 0 Å². The lowest BCUT2D eigenvalue weighted by atomic mass is 9.99. The fraction of sp³-hybridized carbons (Fsp3) is 0.778. The van der Waals surface area contributed by atoms with Crippen LogP contribution in [0.2, 0.25) is 0 Å². The Labute approximate surface area is 149 Å². The van der Waals surface area contributed by atoms with Crippen LogP contribution in [0.5, 0.6) is 0 Å². The summed E-state index contributed by atoms with van der Waals surface area (Å²) in [5.41, 5.74) is 1.25. The fourth-order valence-electron chi connectivity index (χ4n) is 4.29. The van der Waals surface area contributed by atoms with Gasteiger partial charge < -0.3 is 15.0 Å². The van der Waals surface area contributed by atoms with E-state index in [9.17, 15) is 4.79 Å². The van der Waals surface area contributed by atoms with Crippen molar-refractivity contribution < 1.29 is 9.53 Å². The summed E-state index contributed by atoms with van der Waals surface area (Å²) in [6.07, 6.45) is 6.44. The summed E-state index contributed by atoms with van der Waals surface area (Å²) in [4.78, 5) is 16.7. The number of amides is 2. The van der Waals surface area contributed by atoms with E-state index in [1.807, 2.05) is 11.1 Å². The zero-order chi connectivity index (χ0) is 17.1.